The van der Waals surface area contributed by atoms with Gasteiger partial charge in [-0.25, -0.2) is 9.78 Å². The minimum atomic E-state index is -0.205. The lowest BCUT2D eigenvalue weighted by Gasteiger charge is -2.39. The Morgan fingerprint density at radius 2 is 1.92 bits per heavy atom. The van der Waals surface area contributed by atoms with Crippen LogP contribution in [-0.4, -0.2) is 25.3 Å². The monoisotopic (exact) mass is 336 g/mol. The van der Waals surface area contributed by atoms with Crippen LogP contribution in [0, 0.1) is 23.7 Å². The molecule has 0 aromatic heterocycles. The molecule has 4 unspecified atom stereocenters. The highest BCUT2D eigenvalue weighted by Crippen LogP contribution is 2.49. The minimum absolute atomic E-state index is 0.00885. The first-order valence-corrected chi connectivity index (χ1v) is 9.76. The maximum atomic E-state index is 13.1. The summed E-state index contributed by atoms with van der Waals surface area (Å²) in [5.41, 5.74) is -0.205. The van der Waals surface area contributed by atoms with E-state index in [0.29, 0.717) is 18.4 Å². The molecule has 0 amide bonds. The standard InChI is InChI=1S/C20H32O4/c1-3-4-10-20(11-6-5-7-12-20)24-19(21)18-16-9-8-15(13-16)17(18)14-23-22-2/h8-9,15-18H,3-7,10-14H2,1-2H3. The first-order chi connectivity index (χ1) is 11.7. The summed E-state index contributed by atoms with van der Waals surface area (Å²) in [4.78, 5) is 23.1. The molecule has 0 aromatic rings. The first kappa shape index (κ1) is 17.9. The fraction of sp³-hybridized carbons (Fsp3) is 0.850. The Morgan fingerprint density at radius 3 is 2.62 bits per heavy atom. The maximum Gasteiger partial charge on any atom is 0.310 e. The molecule has 0 aliphatic heterocycles. The van der Waals surface area contributed by atoms with E-state index in [-0.39, 0.29) is 23.4 Å². The van der Waals surface area contributed by atoms with Crippen LogP contribution in [0.4, 0.5) is 0 Å². The smallest absolute Gasteiger partial charge is 0.310 e. The van der Waals surface area contributed by atoms with Gasteiger partial charge in [-0.05, 0) is 56.8 Å². The van der Waals surface area contributed by atoms with E-state index in [4.69, 9.17) is 14.5 Å². The summed E-state index contributed by atoms with van der Waals surface area (Å²) in [5, 5.41) is 0. The molecule has 2 saturated carbocycles. The van der Waals surface area contributed by atoms with Gasteiger partial charge in [-0.3, -0.25) is 4.79 Å². The quantitative estimate of drug-likeness (QED) is 0.284. The van der Waals surface area contributed by atoms with Crippen molar-refractivity contribution in [1.82, 2.24) is 0 Å². The van der Waals surface area contributed by atoms with E-state index in [1.54, 1.807) is 0 Å². The Labute approximate surface area is 145 Å². The normalized spacial score (nSPS) is 33.8. The molecule has 0 radical (unpaired) electrons. The van der Waals surface area contributed by atoms with Crippen molar-refractivity contribution >= 4 is 5.97 Å². The molecule has 0 heterocycles. The van der Waals surface area contributed by atoms with Gasteiger partial charge in [0.1, 0.15) is 5.60 Å². The van der Waals surface area contributed by atoms with Gasteiger partial charge >= 0.3 is 5.97 Å². The van der Waals surface area contributed by atoms with Crippen LogP contribution in [0.2, 0.25) is 0 Å². The molecule has 4 nitrogen and oxygen atoms in total. The highest BCUT2D eigenvalue weighted by atomic mass is 17.2. The molecule has 3 aliphatic rings. The highest BCUT2D eigenvalue weighted by molar-refractivity contribution is 5.75. The van der Waals surface area contributed by atoms with Crippen molar-refractivity contribution < 1.29 is 19.3 Å². The summed E-state index contributed by atoms with van der Waals surface area (Å²) >= 11 is 0. The molecular weight excluding hydrogens is 304 g/mol. The van der Waals surface area contributed by atoms with Gasteiger partial charge in [0.05, 0.1) is 19.6 Å². The highest BCUT2D eigenvalue weighted by Gasteiger charge is 2.50. The number of hydrogen-bond donors (Lipinski definition) is 0. The molecule has 4 atom stereocenters. The Bertz CT molecular complexity index is 453. The van der Waals surface area contributed by atoms with Gasteiger partial charge in [-0.15, -0.1) is 0 Å². The second kappa shape index (κ2) is 8.01. The molecule has 4 heteroatoms. The molecule has 136 valence electrons. The molecule has 0 N–H and O–H groups in total. The van der Waals surface area contributed by atoms with Gasteiger partial charge in [0.15, 0.2) is 0 Å². The van der Waals surface area contributed by atoms with Gasteiger partial charge < -0.3 is 4.74 Å². The van der Waals surface area contributed by atoms with E-state index in [1.807, 2.05) is 0 Å². The molecule has 0 aromatic carbocycles. The number of fused-ring (bicyclic) bond motifs is 2. The summed E-state index contributed by atoms with van der Waals surface area (Å²) in [5.74, 6) is 0.893. The average molecular weight is 336 g/mol. The second-order valence-electron chi connectivity index (χ2n) is 7.86. The Kier molecular flexibility index (Phi) is 5.98. The molecule has 3 rings (SSSR count). The predicted octanol–water partition coefficient (Wildman–Crippen LogP) is 4.44. The third-order valence-electron chi connectivity index (χ3n) is 6.34. The van der Waals surface area contributed by atoms with Crippen LogP contribution in [0.5, 0.6) is 0 Å². The lowest BCUT2D eigenvalue weighted by molar-refractivity contribution is -0.283. The van der Waals surface area contributed by atoms with Crippen LogP contribution in [0.25, 0.3) is 0 Å². The van der Waals surface area contributed by atoms with Crippen LogP contribution in [-0.2, 0) is 19.3 Å². The molecule has 3 aliphatic carbocycles. The fourth-order valence-corrected chi connectivity index (χ4v) is 5.03. The Morgan fingerprint density at radius 1 is 1.17 bits per heavy atom. The third kappa shape index (κ3) is 3.70. The van der Waals surface area contributed by atoms with E-state index in [1.165, 1.54) is 26.4 Å². The van der Waals surface area contributed by atoms with E-state index in [9.17, 15) is 4.79 Å². The topological polar surface area (TPSA) is 44.8 Å². The molecule has 2 fully saturated rings. The first-order valence-electron chi connectivity index (χ1n) is 9.76. The zero-order chi connectivity index (χ0) is 17.0. The zero-order valence-corrected chi connectivity index (χ0v) is 15.2. The van der Waals surface area contributed by atoms with Gasteiger partial charge in [-0.2, -0.15) is 0 Å². The van der Waals surface area contributed by atoms with Crippen LogP contribution in [0.3, 0.4) is 0 Å². The zero-order valence-electron chi connectivity index (χ0n) is 15.2. The van der Waals surface area contributed by atoms with Crippen molar-refractivity contribution in [3.05, 3.63) is 12.2 Å². The van der Waals surface area contributed by atoms with E-state index in [0.717, 1.165) is 38.5 Å². The predicted molar refractivity (Wildman–Crippen MR) is 92.1 cm³/mol. The lowest BCUT2D eigenvalue weighted by Crippen LogP contribution is -2.42. The Balaban J connectivity index is 1.68. The number of carbonyl (C=O) groups is 1. The summed E-state index contributed by atoms with van der Waals surface area (Å²) in [6, 6.07) is 0. The number of esters is 1. The number of rotatable bonds is 8. The van der Waals surface area contributed by atoms with Gasteiger partial charge in [0, 0.05) is 5.92 Å². The lowest BCUT2D eigenvalue weighted by atomic mass is 9.80. The summed E-state index contributed by atoms with van der Waals surface area (Å²) in [7, 11) is 1.53. The van der Waals surface area contributed by atoms with Crippen LogP contribution >= 0.6 is 0 Å². The van der Waals surface area contributed by atoms with E-state index >= 15 is 0 Å². The second-order valence-corrected chi connectivity index (χ2v) is 7.86. The fourth-order valence-electron chi connectivity index (χ4n) is 5.03. The minimum Gasteiger partial charge on any atom is -0.459 e. The largest absolute Gasteiger partial charge is 0.459 e. The number of ether oxygens (including phenoxy) is 1. The third-order valence-corrected chi connectivity index (χ3v) is 6.34. The number of unbranched alkanes of at least 4 members (excludes halogenated alkanes) is 1. The number of carbonyl (C=O) groups excluding carboxylic acids is 1. The average Bonchev–Trinajstić information content (AvgIpc) is 3.20. The summed E-state index contributed by atoms with van der Waals surface area (Å²) in [6.07, 6.45) is 14.5. The number of hydrogen-bond acceptors (Lipinski definition) is 4. The van der Waals surface area contributed by atoms with Crippen LogP contribution < -0.4 is 0 Å². The molecule has 0 saturated heterocycles. The van der Waals surface area contributed by atoms with Crippen molar-refractivity contribution in [1.29, 1.82) is 0 Å². The molecular formula is C20H32O4. The van der Waals surface area contributed by atoms with Crippen LogP contribution in [0.1, 0.15) is 64.7 Å². The van der Waals surface area contributed by atoms with Crippen LogP contribution in [0.15, 0.2) is 12.2 Å². The van der Waals surface area contributed by atoms with Gasteiger partial charge in [0.25, 0.3) is 0 Å². The van der Waals surface area contributed by atoms with E-state index in [2.05, 4.69) is 19.1 Å². The van der Waals surface area contributed by atoms with Crippen molar-refractivity contribution in [3.8, 4) is 0 Å². The van der Waals surface area contributed by atoms with Crippen molar-refractivity contribution in [3.63, 3.8) is 0 Å². The molecule has 0 spiro atoms. The summed E-state index contributed by atoms with van der Waals surface area (Å²) < 4.78 is 6.26. The van der Waals surface area contributed by atoms with Crippen molar-refractivity contribution in [2.24, 2.45) is 23.7 Å². The molecule has 24 heavy (non-hydrogen) atoms. The van der Waals surface area contributed by atoms with Crippen molar-refractivity contribution in [2.75, 3.05) is 13.7 Å². The Hall–Kier alpha value is -0.870. The maximum absolute atomic E-state index is 13.1. The van der Waals surface area contributed by atoms with Crippen molar-refractivity contribution in [2.45, 2.75) is 70.3 Å². The number of allylic oxidation sites excluding steroid dienone is 2. The van der Waals surface area contributed by atoms with E-state index < -0.39 is 0 Å². The molecule has 2 bridgehead atoms. The van der Waals surface area contributed by atoms with Gasteiger partial charge in [-0.1, -0.05) is 31.9 Å². The summed E-state index contributed by atoms with van der Waals surface area (Å²) in [6.45, 7) is 2.68. The SMILES string of the molecule is CCCCC1(OC(=O)C2C3C=CC(C3)C2COOC)CCCCC1. The van der Waals surface area contributed by atoms with Gasteiger partial charge in [0.2, 0.25) is 0 Å².